The molecule has 18 heavy (non-hydrogen) atoms. The first-order valence-corrected chi connectivity index (χ1v) is 6.50. The first-order valence-electron chi connectivity index (χ1n) is 5.62. The number of nitrogens with two attached hydrogens (primary N) is 2. The molecule has 2 amide bonds. The largest absolute Gasteiger partial charge is 0.368 e. The molecule has 0 radical (unpaired) electrons. The van der Waals surface area contributed by atoms with Gasteiger partial charge >= 0.3 is 0 Å². The first kappa shape index (κ1) is 12.9. The van der Waals surface area contributed by atoms with E-state index in [1.54, 1.807) is 0 Å². The molecule has 2 atom stereocenters. The number of carbonyl (C=O) groups excluding carboxylic acids is 2. The number of rotatable bonds is 3. The molecular formula is C12H15N3O2S. The Hall–Kier alpha value is -1.53. The predicted octanol–water partition coefficient (Wildman–Crippen LogP) is 0.474. The molecule has 1 heterocycles. The van der Waals surface area contributed by atoms with Crippen molar-refractivity contribution in [3.05, 3.63) is 23.8 Å². The van der Waals surface area contributed by atoms with E-state index in [1.807, 2.05) is 25.1 Å². The number of carbonyl (C=O) groups is 2. The average Bonchev–Trinajstić information content (AvgIpc) is 2.31. The lowest BCUT2D eigenvalue weighted by atomic mass is 10.1. The Balaban J connectivity index is 2.20. The van der Waals surface area contributed by atoms with Crippen molar-refractivity contribution in [1.82, 2.24) is 0 Å². The number of anilines is 1. The van der Waals surface area contributed by atoms with Crippen LogP contribution < -0.4 is 16.8 Å². The topological polar surface area (TPSA) is 98.2 Å². The van der Waals surface area contributed by atoms with Crippen LogP contribution in [0.2, 0.25) is 0 Å². The van der Waals surface area contributed by atoms with Gasteiger partial charge in [0.25, 0.3) is 0 Å². The van der Waals surface area contributed by atoms with Crippen LogP contribution in [0.4, 0.5) is 5.69 Å². The van der Waals surface area contributed by atoms with Gasteiger partial charge in [-0.2, -0.15) is 0 Å². The Bertz CT molecular complexity index is 504. The van der Waals surface area contributed by atoms with Crippen molar-refractivity contribution in [3.63, 3.8) is 0 Å². The molecule has 2 rings (SSSR count). The quantitative estimate of drug-likeness (QED) is 0.740. The number of hydrogen-bond donors (Lipinski definition) is 3. The van der Waals surface area contributed by atoms with Crippen molar-refractivity contribution in [2.24, 2.45) is 11.5 Å². The molecule has 5 nitrogen and oxygen atoms in total. The maximum Gasteiger partial charge on any atom is 0.237 e. The maximum absolute atomic E-state index is 11.6. The van der Waals surface area contributed by atoms with E-state index in [1.165, 1.54) is 11.8 Å². The van der Waals surface area contributed by atoms with Crippen LogP contribution in [0.5, 0.6) is 0 Å². The molecule has 0 bridgehead atoms. The third-order valence-corrected chi connectivity index (χ3v) is 3.97. The Morgan fingerprint density at radius 1 is 1.56 bits per heavy atom. The van der Waals surface area contributed by atoms with Crippen LogP contribution in [-0.2, 0) is 16.0 Å². The molecule has 0 aliphatic carbocycles. The van der Waals surface area contributed by atoms with E-state index < -0.39 is 11.9 Å². The zero-order valence-electron chi connectivity index (χ0n) is 9.97. The van der Waals surface area contributed by atoms with Gasteiger partial charge in [-0.1, -0.05) is 6.07 Å². The third kappa shape index (κ3) is 2.65. The van der Waals surface area contributed by atoms with Gasteiger partial charge in [0.1, 0.15) is 0 Å². The second-order valence-corrected chi connectivity index (χ2v) is 5.68. The van der Waals surface area contributed by atoms with E-state index in [2.05, 4.69) is 5.32 Å². The van der Waals surface area contributed by atoms with Crippen molar-refractivity contribution in [2.45, 2.75) is 29.5 Å². The number of primary amides is 1. The Morgan fingerprint density at radius 3 is 2.94 bits per heavy atom. The minimum absolute atomic E-state index is 0.0103. The molecule has 0 saturated heterocycles. The van der Waals surface area contributed by atoms with E-state index in [-0.39, 0.29) is 11.2 Å². The Labute approximate surface area is 109 Å². The number of benzene rings is 1. The lowest BCUT2D eigenvalue weighted by Gasteiger charge is -2.22. The van der Waals surface area contributed by atoms with Gasteiger partial charge in [-0.15, -0.1) is 11.8 Å². The number of amides is 2. The maximum atomic E-state index is 11.6. The SMILES string of the molecule is CC1Sc2ccc(CC(N)C(N)=O)cc2NC1=O. The summed E-state index contributed by atoms with van der Waals surface area (Å²) in [5.41, 5.74) is 12.4. The second-order valence-electron chi connectivity index (χ2n) is 4.29. The highest BCUT2D eigenvalue weighted by Crippen LogP contribution is 2.35. The van der Waals surface area contributed by atoms with E-state index in [0.29, 0.717) is 6.42 Å². The number of nitrogens with one attached hydrogen (secondary N) is 1. The summed E-state index contributed by atoms with van der Waals surface area (Å²) in [6, 6.07) is 4.97. The summed E-state index contributed by atoms with van der Waals surface area (Å²) in [5, 5.41) is 2.75. The summed E-state index contributed by atoms with van der Waals surface area (Å²) in [6.45, 7) is 1.86. The number of thioether (sulfide) groups is 1. The molecule has 96 valence electrons. The molecule has 1 aromatic rings. The predicted molar refractivity (Wildman–Crippen MR) is 71.3 cm³/mol. The highest BCUT2D eigenvalue weighted by molar-refractivity contribution is 8.00. The van der Waals surface area contributed by atoms with Crippen LogP contribution in [-0.4, -0.2) is 23.1 Å². The number of fused-ring (bicyclic) bond motifs is 1. The van der Waals surface area contributed by atoms with E-state index in [0.717, 1.165) is 16.1 Å². The van der Waals surface area contributed by atoms with Crippen molar-refractivity contribution >= 4 is 29.3 Å². The van der Waals surface area contributed by atoms with Crippen LogP contribution in [0, 0.1) is 0 Å². The zero-order chi connectivity index (χ0) is 13.3. The molecule has 1 aliphatic rings. The van der Waals surface area contributed by atoms with Gasteiger partial charge < -0.3 is 16.8 Å². The summed E-state index contributed by atoms with van der Waals surface area (Å²) in [4.78, 5) is 23.5. The van der Waals surface area contributed by atoms with E-state index in [4.69, 9.17) is 11.5 Å². The van der Waals surface area contributed by atoms with Gasteiger partial charge in [0.05, 0.1) is 17.0 Å². The standard InChI is InChI=1S/C12H15N3O2S/c1-6-12(17)15-9-5-7(2-3-10(9)18-6)4-8(13)11(14)16/h2-3,5-6,8H,4,13H2,1H3,(H2,14,16)(H,15,17). The molecule has 0 saturated carbocycles. The average molecular weight is 265 g/mol. The second kappa shape index (κ2) is 4.99. The van der Waals surface area contributed by atoms with Crippen LogP contribution >= 0.6 is 11.8 Å². The van der Waals surface area contributed by atoms with Crippen LogP contribution in [0.15, 0.2) is 23.1 Å². The minimum atomic E-state index is -0.700. The molecule has 6 heteroatoms. The monoisotopic (exact) mass is 265 g/mol. The third-order valence-electron chi connectivity index (χ3n) is 2.80. The molecular weight excluding hydrogens is 250 g/mol. The molecule has 1 aliphatic heterocycles. The summed E-state index contributed by atoms with van der Waals surface area (Å²) in [5.74, 6) is -0.538. The molecule has 5 N–H and O–H groups in total. The van der Waals surface area contributed by atoms with Gasteiger partial charge in [-0.05, 0) is 31.0 Å². The summed E-state index contributed by atoms with van der Waals surface area (Å²) in [6.07, 6.45) is 0.374. The van der Waals surface area contributed by atoms with Crippen molar-refractivity contribution < 1.29 is 9.59 Å². The minimum Gasteiger partial charge on any atom is -0.368 e. The Kier molecular flexibility index (Phi) is 3.58. The smallest absolute Gasteiger partial charge is 0.237 e. The fourth-order valence-electron chi connectivity index (χ4n) is 1.74. The van der Waals surface area contributed by atoms with Crippen LogP contribution in [0.25, 0.3) is 0 Å². The molecule has 0 aromatic heterocycles. The van der Waals surface area contributed by atoms with Gasteiger partial charge in [-0.3, -0.25) is 9.59 Å². The van der Waals surface area contributed by atoms with Crippen molar-refractivity contribution in [2.75, 3.05) is 5.32 Å². The van der Waals surface area contributed by atoms with Crippen LogP contribution in [0.3, 0.4) is 0 Å². The van der Waals surface area contributed by atoms with E-state index in [9.17, 15) is 9.59 Å². The normalized spacial score (nSPS) is 19.9. The zero-order valence-corrected chi connectivity index (χ0v) is 10.8. The lowest BCUT2D eigenvalue weighted by Crippen LogP contribution is -2.38. The first-order chi connectivity index (χ1) is 8.47. The van der Waals surface area contributed by atoms with Gasteiger partial charge in [0.15, 0.2) is 0 Å². The molecule has 1 aromatic carbocycles. The van der Waals surface area contributed by atoms with Gasteiger partial charge in [0.2, 0.25) is 11.8 Å². The lowest BCUT2D eigenvalue weighted by molar-refractivity contribution is -0.119. The summed E-state index contributed by atoms with van der Waals surface area (Å²) in [7, 11) is 0. The molecule has 0 fully saturated rings. The highest BCUT2D eigenvalue weighted by atomic mass is 32.2. The fraction of sp³-hybridized carbons (Fsp3) is 0.333. The molecule has 2 unspecified atom stereocenters. The fourth-order valence-corrected chi connectivity index (χ4v) is 2.67. The molecule has 0 spiro atoms. The highest BCUT2D eigenvalue weighted by Gasteiger charge is 2.23. The van der Waals surface area contributed by atoms with Crippen molar-refractivity contribution in [3.8, 4) is 0 Å². The summed E-state index contributed by atoms with van der Waals surface area (Å²) < 4.78 is 0. The van der Waals surface area contributed by atoms with Gasteiger partial charge in [0, 0.05) is 4.90 Å². The van der Waals surface area contributed by atoms with Crippen LogP contribution in [0.1, 0.15) is 12.5 Å². The number of hydrogen-bond acceptors (Lipinski definition) is 4. The Morgan fingerprint density at radius 2 is 2.28 bits per heavy atom. The van der Waals surface area contributed by atoms with Gasteiger partial charge in [-0.25, -0.2) is 0 Å². The van der Waals surface area contributed by atoms with E-state index >= 15 is 0 Å². The summed E-state index contributed by atoms with van der Waals surface area (Å²) >= 11 is 1.52. The van der Waals surface area contributed by atoms with Crippen molar-refractivity contribution in [1.29, 1.82) is 0 Å².